The Bertz CT molecular complexity index is 1280. The molecule has 5 rings (SSSR count). The van der Waals surface area contributed by atoms with Crippen molar-refractivity contribution >= 4 is 24.9 Å². The lowest BCUT2D eigenvalue weighted by Gasteiger charge is -2.64. The largest absolute Gasteiger partial charge is 0.496 e. The number of nitrogens with zero attached hydrogens (tertiary/aromatic N) is 2. The molecule has 3 saturated carbocycles. The predicted molar refractivity (Wildman–Crippen MR) is 162 cm³/mol. The first-order valence-electron chi connectivity index (χ1n) is 15.1. The van der Waals surface area contributed by atoms with E-state index < -0.39 is 47.4 Å². The van der Waals surface area contributed by atoms with E-state index in [1.54, 1.807) is 5.43 Å². The Morgan fingerprint density at radius 1 is 1.27 bits per heavy atom. The number of nitro groups is 1. The summed E-state index contributed by atoms with van der Waals surface area (Å²) in [6, 6.07) is 2.48. The summed E-state index contributed by atoms with van der Waals surface area (Å²) in [5, 5.41) is 15.5. The van der Waals surface area contributed by atoms with E-state index in [2.05, 4.69) is 36.4 Å². The Hall–Kier alpha value is -3.46. The van der Waals surface area contributed by atoms with E-state index in [1.807, 2.05) is 13.8 Å². The Morgan fingerprint density at radius 3 is 2.64 bits per heavy atom. The van der Waals surface area contributed by atoms with Crippen LogP contribution in [0.25, 0.3) is 0 Å². The van der Waals surface area contributed by atoms with Crippen molar-refractivity contribution in [2.24, 2.45) is 33.9 Å². The first kappa shape index (κ1) is 33.4. The summed E-state index contributed by atoms with van der Waals surface area (Å²) in [5.74, 6) is -1.42. The van der Waals surface area contributed by atoms with Gasteiger partial charge in [0, 0.05) is 6.54 Å². The van der Waals surface area contributed by atoms with Crippen LogP contribution in [0.15, 0.2) is 23.2 Å². The number of carbonyl (C=O) groups excluding carboxylic acids is 2. The maximum Gasteiger partial charge on any atom is 0.481 e. The smallest absolute Gasteiger partial charge is 0.481 e. The van der Waals surface area contributed by atoms with Crippen molar-refractivity contribution in [3.8, 4) is 5.75 Å². The Morgan fingerprint density at radius 2 is 2.00 bits per heavy atom. The lowest BCUT2D eigenvalue weighted by Crippen LogP contribution is -2.65. The van der Waals surface area contributed by atoms with E-state index in [4.69, 9.17) is 19.8 Å². The molecule has 0 aromatic heterocycles. The van der Waals surface area contributed by atoms with Gasteiger partial charge in [0.25, 0.3) is 11.9 Å². The second-order valence-electron chi connectivity index (χ2n) is 13.2. The molecule has 3 aliphatic carbocycles. The quantitative estimate of drug-likeness (QED) is 0.0646. The topological polar surface area (TPSA) is 179 Å². The monoisotopic (exact) mass is 618 g/mol. The highest BCUT2D eigenvalue weighted by Crippen LogP contribution is 2.65. The van der Waals surface area contributed by atoms with Crippen molar-refractivity contribution < 1.29 is 33.1 Å². The number of hydrogen-bond acceptors (Lipinski definition) is 8. The molecule has 1 aromatic rings. The number of halogens is 1. The molecule has 4 fully saturated rings. The SMILES string of the molecule is COc1ccc(F)cc1C(=O)N[C@@H](CCCN=C(N)N[N+](=O)[O-])C(=O)N[C@@H](CC(C)C)B1O[C@@H]2C[C@@H]3C[C@@H](C3(C)C)[C@]2(C)O1. The predicted octanol–water partition coefficient (Wildman–Crippen LogP) is 2.61. The molecule has 1 aromatic carbocycles. The molecule has 44 heavy (non-hydrogen) atoms. The van der Waals surface area contributed by atoms with Gasteiger partial charge in [0.15, 0.2) is 5.03 Å². The van der Waals surface area contributed by atoms with Crippen LogP contribution in [0.2, 0.25) is 0 Å². The van der Waals surface area contributed by atoms with Crippen molar-refractivity contribution in [1.82, 2.24) is 16.1 Å². The Balaban J connectivity index is 1.51. The van der Waals surface area contributed by atoms with Crippen LogP contribution in [0.1, 0.15) is 77.1 Å². The fourth-order valence-corrected chi connectivity index (χ4v) is 7.09. The molecule has 15 heteroatoms. The van der Waals surface area contributed by atoms with Gasteiger partial charge in [-0.3, -0.25) is 9.59 Å². The number of hydrazine groups is 1. The number of ether oxygens (including phenoxy) is 1. The van der Waals surface area contributed by atoms with E-state index >= 15 is 0 Å². The zero-order valence-corrected chi connectivity index (χ0v) is 26.2. The maximum atomic E-state index is 14.0. The lowest BCUT2D eigenvalue weighted by atomic mass is 9.43. The van der Waals surface area contributed by atoms with Gasteiger partial charge in [-0.1, -0.05) is 33.1 Å². The molecule has 0 spiro atoms. The van der Waals surface area contributed by atoms with Crippen LogP contribution in [-0.4, -0.2) is 67.3 Å². The minimum Gasteiger partial charge on any atom is -0.496 e. The van der Waals surface area contributed by atoms with Crippen LogP contribution in [0.4, 0.5) is 4.39 Å². The van der Waals surface area contributed by atoms with Crippen LogP contribution in [-0.2, 0) is 14.1 Å². The Kier molecular flexibility index (Phi) is 10.1. The van der Waals surface area contributed by atoms with Crippen molar-refractivity contribution in [2.45, 2.75) is 90.4 Å². The highest BCUT2D eigenvalue weighted by atomic mass is 19.1. The summed E-state index contributed by atoms with van der Waals surface area (Å²) < 4.78 is 32.4. The molecule has 242 valence electrons. The van der Waals surface area contributed by atoms with E-state index in [-0.39, 0.29) is 54.1 Å². The number of methoxy groups -OCH3 is 1. The Labute approximate surface area is 257 Å². The van der Waals surface area contributed by atoms with Gasteiger partial charge in [-0.05, 0) is 80.4 Å². The van der Waals surface area contributed by atoms with Crippen molar-refractivity contribution in [2.75, 3.05) is 13.7 Å². The number of nitrogens with one attached hydrogen (secondary N) is 3. The summed E-state index contributed by atoms with van der Waals surface area (Å²) in [6.07, 6.45) is 2.87. The summed E-state index contributed by atoms with van der Waals surface area (Å²) in [7, 11) is 0.695. The van der Waals surface area contributed by atoms with Crippen molar-refractivity contribution in [1.29, 1.82) is 0 Å². The van der Waals surface area contributed by atoms with E-state index in [0.717, 1.165) is 18.9 Å². The molecule has 4 aliphatic rings. The summed E-state index contributed by atoms with van der Waals surface area (Å²) >= 11 is 0. The standard InChI is InChI=1S/C29H44BFN6O7/c1-16(2)12-24(30-43-23-14-17-13-22(28(17,3)4)29(23,5)44-30)35-26(39)20(8-7-11-33-27(32)36-37(40)41)34-25(38)19-15-18(31)9-10-21(19)42-6/h9-10,15-17,20,22-24H,7-8,11-14H2,1-6H3,(H,34,38)(H,35,39)(H3,32,33,36)/t17-,20-,22-,23+,24-,29-/m0/s1. The van der Waals surface area contributed by atoms with Crippen LogP contribution < -0.4 is 26.5 Å². The van der Waals surface area contributed by atoms with E-state index in [9.17, 15) is 24.1 Å². The van der Waals surface area contributed by atoms with Crippen molar-refractivity contribution in [3.05, 3.63) is 39.7 Å². The molecule has 1 saturated heterocycles. The van der Waals surface area contributed by atoms with Gasteiger partial charge in [-0.15, -0.1) is 0 Å². The van der Waals surface area contributed by atoms with Gasteiger partial charge in [0.05, 0.1) is 30.3 Å². The fraction of sp³-hybridized carbons (Fsp3) is 0.690. The van der Waals surface area contributed by atoms with Gasteiger partial charge in [0.2, 0.25) is 5.91 Å². The van der Waals surface area contributed by atoms with Crippen LogP contribution >= 0.6 is 0 Å². The van der Waals surface area contributed by atoms with Crippen LogP contribution in [0.5, 0.6) is 5.75 Å². The third kappa shape index (κ3) is 7.09. The molecule has 0 unspecified atom stereocenters. The first-order chi connectivity index (χ1) is 20.6. The lowest BCUT2D eigenvalue weighted by molar-refractivity contribution is -0.525. The summed E-state index contributed by atoms with van der Waals surface area (Å²) in [4.78, 5) is 41.6. The summed E-state index contributed by atoms with van der Waals surface area (Å²) in [6.45, 7) is 10.8. The number of carbonyl (C=O) groups is 2. The van der Waals surface area contributed by atoms with Gasteiger partial charge in [-0.2, -0.15) is 0 Å². The number of nitrogens with two attached hydrogens (primary N) is 1. The fourth-order valence-electron chi connectivity index (χ4n) is 7.09. The second-order valence-corrected chi connectivity index (χ2v) is 13.2. The first-order valence-corrected chi connectivity index (χ1v) is 15.1. The minimum absolute atomic E-state index is 0.0538. The van der Waals surface area contributed by atoms with E-state index in [0.29, 0.717) is 18.3 Å². The number of hydrogen-bond donors (Lipinski definition) is 4. The second kappa shape index (κ2) is 13.3. The maximum absolute atomic E-state index is 14.0. The molecule has 1 aliphatic heterocycles. The molecule has 2 amide bonds. The van der Waals surface area contributed by atoms with Crippen LogP contribution in [0, 0.1) is 39.1 Å². The zero-order valence-electron chi connectivity index (χ0n) is 26.2. The van der Waals surface area contributed by atoms with Crippen molar-refractivity contribution in [3.63, 3.8) is 0 Å². The number of amides is 2. The number of aliphatic imine (C=N–C) groups is 1. The molecular formula is C29H44BFN6O7. The highest BCUT2D eigenvalue weighted by Gasteiger charge is 2.68. The third-order valence-corrected chi connectivity index (χ3v) is 9.52. The number of rotatable bonds is 13. The normalized spacial score (nSPS) is 26.7. The molecule has 5 N–H and O–H groups in total. The van der Waals surface area contributed by atoms with Gasteiger partial charge in [0.1, 0.15) is 17.6 Å². The van der Waals surface area contributed by atoms with Crippen LogP contribution in [0.3, 0.4) is 0 Å². The minimum atomic E-state index is -1.06. The number of guanidine groups is 1. The average molecular weight is 619 g/mol. The number of benzene rings is 1. The average Bonchev–Trinajstić information content (AvgIpc) is 3.30. The molecule has 13 nitrogen and oxygen atoms in total. The molecule has 0 radical (unpaired) electrons. The molecule has 1 heterocycles. The molecule has 6 atom stereocenters. The third-order valence-electron chi connectivity index (χ3n) is 9.52. The highest BCUT2D eigenvalue weighted by molar-refractivity contribution is 6.48. The van der Waals surface area contributed by atoms with Gasteiger partial charge in [-0.25, -0.2) is 19.5 Å². The van der Waals surface area contributed by atoms with Gasteiger partial charge >= 0.3 is 7.12 Å². The zero-order chi connectivity index (χ0) is 32.4. The molecular weight excluding hydrogens is 574 g/mol. The summed E-state index contributed by atoms with van der Waals surface area (Å²) in [5.41, 5.74) is 6.89. The molecule has 2 bridgehead atoms. The van der Waals surface area contributed by atoms with Gasteiger partial charge < -0.3 is 30.4 Å². The van der Waals surface area contributed by atoms with E-state index in [1.165, 1.54) is 19.2 Å².